The van der Waals surface area contributed by atoms with E-state index in [0.717, 1.165) is 30.7 Å². The molecule has 0 radical (unpaired) electrons. The number of hydrogen-bond acceptors (Lipinski definition) is 6. The summed E-state index contributed by atoms with van der Waals surface area (Å²) in [5.74, 6) is 2.08. The molecule has 2 N–H and O–H groups in total. The van der Waals surface area contributed by atoms with Crippen molar-refractivity contribution in [3.8, 4) is 0 Å². The lowest BCUT2D eigenvalue weighted by Crippen LogP contribution is -2.34. The molecule has 1 atom stereocenters. The van der Waals surface area contributed by atoms with Crippen LogP contribution in [-0.4, -0.2) is 48.4 Å². The van der Waals surface area contributed by atoms with Gasteiger partial charge in [-0.15, -0.1) is 5.10 Å². The Kier molecular flexibility index (Phi) is 3.38. The number of nitrogens with zero attached hydrogens (tertiary/aromatic N) is 6. The first-order valence-electron chi connectivity index (χ1n) is 7.72. The summed E-state index contributed by atoms with van der Waals surface area (Å²) in [6, 6.07) is 3.98. The number of fused-ring (bicyclic) bond motifs is 1. The van der Waals surface area contributed by atoms with E-state index in [2.05, 4.69) is 25.3 Å². The Morgan fingerprint density at radius 3 is 3.13 bits per heavy atom. The largest absolute Gasteiger partial charge is 0.394 e. The van der Waals surface area contributed by atoms with Gasteiger partial charge in [-0.3, -0.25) is 0 Å². The number of rotatable bonds is 4. The van der Waals surface area contributed by atoms with Crippen molar-refractivity contribution in [1.82, 2.24) is 24.1 Å². The van der Waals surface area contributed by atoms with Crippen LogP contribution in [0.3, 0.4) is 0 Å². The van der Waals surface area contributed by atoms with E-state index in [1.54, 1.807) is 10.8 Å². The van der Waals surface area contributed by atoms with Gasteiger partial charge in [-0.2, -0.15) is 4.98 Å². The standard InChI is InChI=1S/C15H19N7O/c1-20-8-13(16-10-20)17-14-12-5-3-7-22(12)19-15(18-14)21-6-2-4-11(21)9-23/h3,5,7-8,10-11,23H,2,4,6,9H2,1H3,(H,17,18,19)/t11-/m0/s1. The SMILES string of the molecule is Cn1cnc(Nc2nc(N3CCC[C@H]3CO)nn3cccc23)c1. The molecule has 4 heterocycles. The van der Waals surface area contributed by atoms with Gasteiger partial charge in [0.1, 0.15) is 11.3 Å². The zero-order valence-electron chi connectivity index (χ0n) is 12.9. The van der Waals surface area contributed by atoms with E-state index in [1.165, 1.54) is 0 Å². The van der Waals surface area contributed by atoms with Crippen molar-refractivity contribution in [1.29, 1.82) is 0 Å². The van der Waals surface area contributed by atoms with Gasteiger partial charge in [-0.05, 0) is 25.0 Å². The van der Waals surface area contributed by atoms with E-state index in [0.29, 0.717) is 11.8 Å². The summed E-state index contributed by atoms with van der Waals surface area (Å²) in [6.07, 6.45) is 7.54. The summed E-state index contributed by atoms with van der Waals surface area (Å²) in [6.45, 7) is 0.983. The number of nitrogens with one attached hydrogen (secondary N) is 1. The van der Waals surface area contributed by atoms with Crippen LogP contribution < -0.4 is 10.2 Å². The number of aryl methyl sites for hydroxylation is 1. The molecule has 1 aliphatic rings. The van der Waals surface area contributed by atoms with Crippen LogP contribution in [0.25, 0.3) is 5.52 Å². The third kappa shape index (κ3) is 2.50. The van der Waals surface area contributed by atoms with E-state index in [1.807, 2.05) is 36.1 Å². The summed E-state index contributed by atoms with van der Waals surface area (Å²) in [7, 11) is 1.92. The number of aliphatic hydroxyl groups is 1. The van der Waals surface area contributed by atoms with Gasteiger partial charge in [0.15, 0.2) is 5.82 Å². The van der Waals surface area contributed by atoms with E-state index in [9.17, 15) is 5.11 Å². The highest BCUT2D eigenvalue weighted by Gasteiger charge is 2.27. The fourth-order valence-electron chi connectivity index (χ4n) is 3.02. The Bertz CT molecular complexity index is 824. The predicted molar refractivity (Wildman–Crippen MR) is 86.9 cm³/mol. The third-order valence-corrected chi connectivity index (χ3v) is 4.18. The molecular formula is C15H19N7O. The Labute approximate surface area is 133 Å². The summed E-state index contributed by atoms with van der Waals surface area (Å²) >= 11 is 0. The normalized spacial score (nSPS) is 18.0. The molecule has 8 nitrogen and oxygen atoms in total. The Morgan fingerprint density at radius 2 is 2.35 bits per heavy atom. The van der Waals surface area contributed by atoms with Crippen molar-refractivity contribution in [3.05, 3.63) is 30.9 Å². The van der Waals surface area contributed by atoms with E-state index in [4.69, 9.17) is 0 Å². The molecule has 8 heteroatoms. The van der Waals surface area contributed by atoms with Gasteiger partial charge in [-0.1, -0.05) is 0 Å². The quantitative estimate of drug-likeness (QED) is 0.752. The molecule has 1 saturated heterocycles. The topological polar surface area (TPSA) is 83.5 Å². The first kappa shape index (κ1) is 14.0. The zero-order chi connectivity index (χ0) is 15.8. The molecule has 0 bridgehead atoms. The monoisotopic (exact) mass is 313 g/mol. The molecular weight excluding hydrogens is 294 g/mol. The molecule has 0 amide bonds. The Morgan fingerprint density at radius 1 is 1.43 bits per heavy atom. The molecule has 0 spiro atoms. The summed E-state index contributed by atoms with van der Waals surface area (Å²) in [5.41, 5.74) is 0.888. The highest BCUT2D eigenvalue weighted by molar-refractivity contribution is 5.73. The van der Waals surface area contributed by atoms with Crippen molar-refractivity contribution in [3.63, 3.8) is 0 Å². The molecule has 3 aromatic heterocycles. The molecule has 1 aliphatic heterocycles. The minimum atomic E-state index is 0.0886. The maximum atomic E-state index is 9.55. The van der Waals surface area contributed by atoms with Gasteiger partial charge in [-0.25, -0.2) is 9.50 Å². The average Bonchev–Trinajstić information content (AvgIpc) is 3.26. The van der Waals surface area contributed by atoms with Crippen LogP contribution >= 0.6 is 0 Å². The maximum absolute atomic E-state index is 9.55. The van der Waals surface area contributed by atoms with E-state index < -0.39 is 0 Å². The van der Waals surface area contributed by atoms with Gasteiger partial charge < -0.3 is 19.9 Å². The van der Waals surface area contributed by atoms with Gasteiger partial charge in [0, 0.05) is 26.0 Å². The van der Waals surface area contributed by atoms with Crippen LogP contribution in [-0.2, 0) is 7.05 Å². The van der Waals surface area contributed by atoms with Crippen LogP contribution in [0.5, 0.6) is 0 Å². The number of imidazole rings is 1. The van der Waals surface area contributed by atoms with E-state index >= 15 is 0 Å². The summed E-state index contributed by atoms with van der Waals surface area (Å²) in [4.78, 5) is 11.0. The van der Waals surface area contributed by atoms with Crippen molar-refractivity contribution in [2.24, 2.45) is 7.05 Å². The smallest absolute Gasteiger partial charge is 0.245 e. The number of hydrogen-bond donors (Lipinski definition) is 2. The van der Waals surface area contributed by atoms with Crippen LogP contribution in [0, 0.1) is 0 Å². The van der Waals surface area contributed by atoms with Gasteiger partial charge in [0.25, 0.3) is 0 Å². The fraction of sp³-hybridized carbons (Fsp3) is 0.400. The van der Waals surface area contributed by atoms with Gasteiger partial charge in [0.2, 0.25) is 5.95 Å². The molecule has 0 aliphatic carbocycles. The van der Waals surface area contributed by atoms with Gasteiger partial charge in [0.05, 0.1) is 19.0 Å². The van der Waals surface area contributed by atoms with Gasteiger partial charge >= 0.3 is 0 Å². The molecule has 0 aromatic carbocycles. The lowest BCUT2D eigenvalue weighted by molar-refractivity contribution is 0.265. The van der Waals surface area contributed by atoms with Crippen molar-refractivity contribution in [2.45, 2.75) is 18.9 Å². The summed E-state index contributed by atoms with van der Waals surface area (Å²) < 4.78 is 3.68. The zero-order valence-corrected chi connectivity index (χ0v) is 12.9. The Balaban J connectivity index is 1.75. The summed E-state index contributed by atoms with van der Waals surface area (Å²) in [5, 5.41) is 17.4. The minimum absolute atomic E-state index is 0.0886. The van der Waals surface area contributed by atoms with Crippen LogP contribution in [0.15, 0.2) is 30.9 Å². The lowest BCUT2D eigenvalue weighted by atomic mass is 10.2. The van der Waals surface area contributed by atoms with Crippen molar-refractivity contribution >= 4 is 23.1 Å². The number of anilines is 3. The van der Waals surface area contributed by atoms with Crippen LogP contribution in [0.1, 0.15) is 12.8 Å². The maximum Gasteiger partial charge on any atom is 0.245 e. The number of aliphatic hydroxyl groups excluding tert-OH is 1. The molecule has 1 fully saturated rings. The molecule has 0 unspecified atom stereocenters. The second kappa shape index (κ2) is 5.54. The predicted octanol–water partition coefficient (Wildman–Crippen LogP) is 1.17. The number of aromatic nitrogens is 5. The van der Waals surface area contributed by atoms with Crippen LogP contribution in [0.4, 0.5) is 17.6 Å². The fourth-order valence-corrected chi connectivity index (χ4v) is 3.02. The Hall–Kier alpha value is -2.61. The molecule has 23 heavy (non-hydrogen) atoms. The third-order valence-electron chi connectivity index (χ3n) is 4.18. The van der Waals surface area contributed by atoms with E-state index in [-0.39, 0.29) is 12.6 Å². The highest BCUT2D eigenvalue weighted by Crippen LogP contribution is 2.26. The molecule has 3 aromatic rings. The van der Waals surface area contributed by atoms with Crippen molar-refractivity contribution < 1.29 is 5.11 Å². The second-order valence-electron chi connectivity index (χ2n) is 5.82. The molecule has 0 saturated carbocycles. The second-order valence-corrected chi connectivity index (χ2v) is 5.82. The average molecular weight is 313 g/mol. The first-order chi connectivity index (χ1) is 11.2. The minimum Gasteiger partial charge on any atom is -0.394 e. The molecule has 120 valence electrons. The van der Waals surface area contributed by atoms with Crippen molar-refractivity contribution in [2.75, 3.05) is 23.4 Å². The van der Waals surface area contributed by atoms with Crippen LogP contribution in [0.2, 0.25) is 0 Å². The molecule has 4 rings (SSSR count). The lowest BCUT2D eigenvalue weighted by Gasteiger charge is -2.23. The highest BCUT2D eigenvalue weighted by atomic mass is 16.3. The first-order valence-corrected chi connectivity index (χ1v) is 7.72.